The van der Waals surface area contributed by atoms with Gasteiger partial charge in [0.05, 0.1) is 11.7 Å². The van der Waals surface area contributed by atoms with Crippen molar-refractivity contribution in [2.45, 2.75) is 13.0 Å². The molecule has 108 valence electrons. The lowest BCUT2D eigenvalue weighted by Crippen LogP contribution is -2.28. The Morgan fingerprint density at radius 3 is 3.10 bits per heavy atom. The highest BCUT2D eigenvalue weighted by molar-refractivity contribution is 5.99. The first-order chi connectivity index (χ1) is 10.1. The van der Waals surface area contributed by atoms with Crippen LogP contribution < -0.4 is 15.4 Å². The molecule has 1 atom stereocenters. The second kappa shape index (κ2) is 5.23. The van der Waals surface area contributed by atoms with Crippen LogP contribution in [0.5, 0.6) is 5.75 Å². The molecule has 2 amide bonds. The molecule has 1 aromatic heterocycles. The van der Waals surface area contributed by atoms with Crippen molar-refractivity contribution in [1.29, 1.82) is 0 Å². The molecule has 1 unspecified atom stereocenters. The Morgan fingerprint density at radius 1 is 1.48 bits per heavy atom. The van der Waals surface area contributed by atoms with Crippen LogP contribution in [0.4, 0.5) is 5.69 Å². The maximum Gasteiger partial charge on any atom is 0.262 e. The third kappa shape index (κ3) is 2.69. The van der Waals surface area contributed by atoms with Crippen molar-refractivity contribution in [2.75, 3.05) is 11.9 Å². The van der Waals surface area contributed by atoms with Gasteiger partial charge in [-0.15, -0.1) is 0 Å². The van der Waals surface area contributed by atoms with Crippen LogP contribution in [0.2, 0.25) is 0 Å². The second-order valence-electron chi connectivity index (χ2n) is 4.61. The first-order valence-electron chi connectivity index (χ1n) is 6.36. The van der Waals surface area contributed by atoms with E-state index in [1.807, 2.05) is 0 Å². The van der Waals surface area contributed by atoms with Gasteiger partial charge < -0.3 is 15.4 Å². The molecule has 1 aliphatic heterocycles. The summed E-state index contributed by atoms with van der Waals surface area (Å²) in [5.41, 5.74) is 0.914. The highest BCUT2D eigenvalue weighted by Crippen LogP contribution is 2.28. The number of ether oxygens (including phenoxy) is 1. The number of benzene rings is 1. The molecule has 2 heterocycles. The first-order valence-corrected chi connectivity index (χ1v) is 6.36. The predicted octanol–water partition coefficient (Wildman–Crippen LogP) is 0.627. The number of nitrogens with zero attached hydrogens (tertiary/aromatic N) is 2. The number of fused-ring (bicyclic) bond motifs is 1. The summed E-state index contributed by atoms with van der Waals surface area (Å²) >= 11 is 0. The van der Waals surface area contributed by atoms with E-state index in [0.29, 0.717) is 22.8 Å². The summed E-state index contributed by atoms with van der Waals surface area (Å²) < 4.78 is 5.24. The van der Waals surface area contributed by atoms with Crippen LogP contribution in [0, 0.1) is 0 Å². The standard InChI is InChI=1S/C13H13N5O3/c1-7(12-14-6-15-18-12)16-13(20)8-2-3-10-9(4-8)17-11(19)5-21-10/h2-4,6-7H,5H2,1H3,(H,16,20)(H,17,19)(H,14,15,18). The van der Waals surface area contributed by atoms with Crippen LogP contribution >= 0.6 is 0 Å². The highest BCUT2D eigenvalue weighted by atomic mass is 16.5. The van der Waals surface area contributed by atoms with Gasteiger partial charge in [-0.05, 0) is 25.1 Å². The Balaban J connectivity index is 1.76. The van der Waals surface area contributed by atoms with Crippen molar-refractivity contribution >= 4 is 17.5 Å². The van der Waals surface area contributed by atoms with Crippen molar-refractivity contribution < 1.29 is 14.3 Å². The van der Waals surface area contributed by atoms with Gasteiger partial charge in [0, 0.05) is 5.56 Å². The molecule has 8 heteroatoms. The zero-order valence-corrected chi connectivity index (χ0v) is 11.2. The Labute approximate surface area is 119 Å². The summed E-state index contributed by atoms with van der Waals surface area (Å²) in [4.78, 5) is 27.5. The molecular weight excluding hydrogens is 274 g/mol. The van der Waals surface area contributed by atoms with Crippen LogP contribution in [0.15, 0.2) is 24.5 Å². The van der Waals surface area contributed by atoms with Crippen LogP contribution in [-0.4, -0.2) is 33.6 Å². The van der Waals surface area contributed by atoms with Crippen molar-refractivity contribution in [3.05, 3.63) is 35.9 Å². The average molecular weight is 287 g/mol. The molecule has 0 saturated heterocycles. The molecule has 8 nitrogen and oxygen atoms in total. The fraction of sp³-hybridized carbons (Fsp3) is 0.231. The molecule has 0 spiro atoms. The van der Waals surface area contributed by atoms with Crippen LogP contribution in [0.1, 0.15) is 29.1 Å². The van der Waals surface area contributed by atoms with Crippen molar-refractivity contribution in [1.82, 2.24) is 20.5 Å². The highest BCUT2D eigenvalue weighted by Gasteiger charge is 2.19. The Kier molecular flexibility index (Phi) is 3.27. The molecule has 0 radical (unpaired) electrons. The number of rotatable bonds is 3. The van der Waals surface area contributed by atoms with Gasteiger partial charge >= 0.3 is 0 Å². The molecule has 0 bridgehead atoms. The second-order valence-corrected chi connectivity index (χ2v) is 4.61. The van der Waals surface area contributed by atoms with E-state index in [-0.39, 0.29) is 24.5 Å². The van der Waals surface area contributed by atoms with Gasteiger partial charge in [-0.25, -0.2) is 4.98 Å². The van der Waals surface area contributed by atoms with E-state index in [1.54, 1.807) is 25.1 Å². The van der Waals surface area contributed by atoms with Gasteiger partial charge in [0.1, 0.15) is 17.9 Å². The number of carbonyl (C=O) groups is 2. The largest absolute Gasteiger partial charge is 0.482 e. The number of aromatic nitrogens is 3. The summed E-state index contributed by atoms with van der Waals surface area (Å²) in [6.07, 6.45) is 1.38. The zero-order chi connectivity index (χ0) is 14.8. The van der Waals surface area contributed by atoms with Crippen LogP contribution in [0.25, 0.3) is 0 Å². The molecule has 1 aliphatic rings. The minimum absolute atomic E-state index is 0.0128. The van der Waals surface area contributed by atoms with E-state index in [9.17, 15) is 9.59 Å². The van der Waals surface area contributed by atoms with E-state index in [2.05, 4.69) is 25.8 Å². The smallest absolute Gasteiger partial charge is 0.262 e. The fourth-order valence-electron chi connectivity index (χ4n) is 2.00. The van der Waals surface area contributed by atoms with E-state index < -0.39 is 0 Å². The molecular formula is C13H13N5O3. The predicted molar refractivity (Wildman–Crippen MR) is 72.8 cm³/mol. The van der Waals surface area contributed by atoms with Gasteiger partial charge in [-0.3, -0.25) is 14.7 Å². The normalized spacial score (nSPS) is 14.6. The van der Waals surface area contributed by atoms with Crippen LogP contribution in [0.3, 0.4) is 0 Å². The zero-order valence-electron chi connectivity index (χ0n) is 11.2. The Hall–Kier alpha value is -2.90. The molecule has 0 saturated carbocycles. The molecule has 1 aromatic carbocycles. The summed E-state index contributed by atoms with van der Waals surface area (Å²) in [5, 5.41) is 11.9. The Morgan fingerprint density at radius 2 is 2.33 bits per heavy atom. The van der Waals surface area contributed by atoms with Gasteiger partial charge in [-0.2, -0.15) is 5.10 Å². The third-order valence-corrected chi connectivity index (χ3v) is 3.07. The number of hydrogen-bond acceptors (Lipinski definition) is 5. The SMILES string of the molecule is CC(NC(=O)c1ccc2c(c1)NC(=O)CO2)c1ncn[nH]1. The lowest BCUT2D eigenvalue weighted by molar-refractivity contribution is -0.118. The first kappa shape index (κ1) is 13.1. The van der Waals surface area contributed by atoms with Crippen molar-refractivity contribution in [2.24, 2.45) is 0 Å². The number of nitrogens with one attached hydrogen (secondary N) is 3. The molecule has 21 heavy (non-hydrogen) atoms. The van der Waals surface area contributed by atoms with Gasteiger partial charge in [0.2, 0.25) is 0 Å². The summed E-state index contributed by atoms with van der Waals surface area (Å²) in [5.74, 6) is 0.601. The average Bonchev–Trinajstić information content (AvgIpc) is 3.00. The third-order valence-electron chi connectivity index (χ3n) is 3.07. The summed E-state index contributed by atoms with van der Waals surface area (Å²) in [6, 6.07) is 4.57. The summed E-state index contributed by atoms with van der Waals surface area (Å²) in [7, 11) is 0. The van der Waals surface area contributed by atoms with Crippen molar-refractivity contribution in [3.8, 4) is 5.75 Å². The van der Waals surface area contributed by atoms with Crippen molar-refractivity contribution in [3.63, 3.8) is 0 Å². The van der Waals surface area contributed by atoms with E-state index in [4.69, 9.17) is 4.74 Å². The number of anilines is 1. The molecule has 3 rings (SSSR count). The molecule has 0 aliphatic carbocycles. The number of amides is 2. The van der Waals surface area contributed by atoms with E-state index in [1.165, 1.54) is 6.33 Å². The number of aromatic amines is 1. The minimum Gasteiger partial charge on any atom is -0.482 e. The Bertz CT molecular complexity index is 683. The molecule has 3 N–H and O–H groups in total. The number of H-pyrrole nitrogens is 1. The lowest BCUT2D eigenvalue weighted by Gasteiger charge is -2.18. The van der Waals surface area contributed by atoms with Gasteiger partial charge in [0.15, 0.2) is 6.61 Å². The monoisotopic (exact) mass is 287 g/mol. The minimum atomic E-state index is -0.304. The topological polar surface area (TPSA) is 109 Å². The van der Waals surface area contributed by atoms with Crippen LogP contribution in [-0.2, 0) is 4.79 Å². The quantitative estimate of drug-likeness (QED) is 0.767. The molecule has 0 fully saturated rings. The summed E-state index contributed by atoms with van der Waals surface area (Å²) in [6.45, 7) is 1.78. The van der Waals surface area contributed by atoms with Gasteiger partial charge in [0.25, 0.3) is 11.8 Å². The lowest BCUT2D eigenvalue weighted by atomic mass is 10.1. The molecule has 2 aromatic rings. The van der Waals surface area contributed by atoms with E-state index in [0.717, 1.165) is 0 Å². The maximum atomic E-state index is 12.2. The fourth-order valence-corrected chi connectivity index (χ4v) is 2.00. The maximum absolute atomic E-state index is 12.2. The van der Waals surface area contributed by atoms with E-state index >= 15 is 0 Å². The van der Waals surface area contributed by atoms with Gasteiger partial charge in [-0.1, -0.05) is 0 Å². The number of hydrogen-bond donors (Lipinski definition) is 3. The number of carbonyl (C=O) groups excluding carboxylic acids is 2.